The van der Waals surface area contributed by atoms with Crippen molar-refractivity contribution in [1.82, 2.24) is 5.01 Å². The molecule has 0 spiro atoms. The Morgan fingerprint density at radius 2 is 1.82 bits per heavy atom. The Hall–Kier alpha value is -3.23. The fourth-order valence-electron chi connectivity index (χ4n) is 5.14. The van der Waals surface area contributed by atoms with Crippen LogP contribution < -0.4 is 4.74 Å². The second-order valence-electron chi connectivity index (χ2n) is 7.73. The van der Waals surface area contributed by atoms with Gasteiger partial charge >= 0.3 is 5.69 Å². The van der Waals surface area contributed by atoms with Gasteiger partial charge in [0.15, 0.2) is 0 Å². The zero-order valence-corrected chi connectivity index (χ0v) is 14.9. The van der Waals surface area contributed by atoms with Crippen LogP contribution in [-0.4, -0.2) is 40.2 Å². The molecule has 1 aromatic carbocycles. The van der Waals surface area contributed by atoms with Crippen molar-refractivity contribution < 1.29 is 24.4 Å². The first-order chi connectivity index (χ1) is 13.4. The van der Waals surface area contributed by atoms with Crippen molar-refractivity contribution in [3.05, 3.63) is 40.0 Å². The lowest BCUT2D eigenvalue weighted by Crippen LogP contribution is -2.40. The van der Waals surface area contributed by atoms with Gasteiger partial charge in [0.25, 0.3) is 11.8 Å². The largest absolute Gasteiger partial charge is 0.502 e. The minimum atomic E-state index is -0.744. The minimum absolute atomic E-state index is 0.00883. The first-order valence-electron chi connectivity index (χ1n) is 9.08. The molecule has 4 aliphatic carbocycles. The molecule has 9 nitrogen and oxygen atoms in total. The van der Waals surface area contributed by atoms with Crippen molar-refractivity contribution in [2.75, 3.05) is 7.11 Å². The molecule has 6 rings (SSSR count). The standard InChI is InChI=1S/C19H17N3O6/c1-28-9-4-8(17(23)14(5-9)22(26)27)7-20-21-18(24)15-10-2-3-11(13-6-12(10)13)16(15)19(21)25/h2-5,7,10-13,15-16,23H,6H2,1H3/b20-7-/t10-,11-,12-,13+,15+,16+/m0/s1. The van der Waals surface area contributed by atoms with E-state index in [0.717, 1.165) is 23.7 Å². The van der Waals surface area contributed by atoms with Crippen LogP contribution in [0.1, 0.15) is 12.0 Å². The summed E-state index contributed by atoms with van der Waals surface area (Å²) in [5.74, 6) is -0.737. The van der Waals surface area contributed by atoms with Gasteiger partial charge in [-0.2, -0.15) is 10.1 Å². The van der Waals surface area contributed by atoms with E-state index in [4.69, 9.17) is 4.74 Å². The molecular weight excluding hydrogens is 366 g/mol. The van der Waals surface area contributed by atoms with Gasteiger partial charge in [-0.1, -0.05) is 12.2 Å². The van der Waals surface area contributed by atoms with Crippen molar-refractivity contribution in [3.8, 4) is 11.5 Å². The number of carbonyl (C=O) groups excluding carboxylic acids is 2. The van der Waals surface area contributed by atoms with Crippen LogP contribution in [0.5, 0.6) is 11.5 Å². The maximum absolute atomic E-state index is 12.9. The van der Waals surface area contributed by atoms with Crippen molar-refractivity contribution in [3.63, 3.8) is 0 Å². The molecule has 9 heteroatoms. The average Bonchev–Trinajstić information content (AvgIpc) is 3.46. The van der Waals surface area contributed by atoms with E-state index in [1.165, 1.54) is 13.2 Å². The Bertz CT molecular complexity index is 950. The van der Waals surface area contributed by atoms with Crippen molar-refractivity contribution in [2.24, 2.45) is 40.6 Å². The number of benzene rings is 1. The van der Waals surface area contributed by atoms with Gasteiger partial charge in [-0.05, 0) is 36.2 Å². The fourth-order valence-corrected chi connectivity index (χ4v) is 5.14. The van der Waals surface area contributed by atoms with E-state index in [1.807, 2.05) is 0 Å². The van der Waals surface area contributed by atoms with Crippen LogP contribution in [0.4, 0.5) is 5.69 Å². The fraction of sp³-hybridized carbons (Fsp3) is 0.421. The summed E-state index contributed by atoms with van der Waals surface area (Å²) in [7, 11) is 1.34. The van der Waals surface area contributed by atoms with Gasteiger partial charge < -0.3 is 9.84 Å². The summed E-state index contributed by atoms with van der Waals surface area (Å²) in [5.41, 5.74) is -0.554. The number of imide groups is 1. The summed E-state index contributed by atoms with van der Waals surface area (Å²) < 4.78 is 5.01. The first-order valence-corrected chi connectivity index (χ1v) is 9.08. The maximum Gasteiger partial charge on any atom is 0.315 e. The highest BCUT2D eigenvalue weighted by Gasteiger charge is 2.67. The molecule has 0 radical (unpaired) electrons. The topological polar surface area (TPSA) is 122 Å². The Morgan fingerprint density at radius 3 is 2.36 bits per heavy atom. The molecule has 5 aliphatic rings. The minimum Gasteiger partial charge on any atom is -0.502 e. The lowest BCUT2D eigenvalue weighted by atomic mass is 9.63. The number of phenolic OH excluding ortho intramolecular Hbond substituents is 1. The van der Waals surface area contributed by atoms with Crippen LogP contribution in [-0.2, 0) is 9.59 Å². The molecule has 3 fully saturated rings. The number of methoxy groups -OCH3 is 1. The van der Waals surface area contributed by atoms with E-state index in [1.54, 1.807) is 0 Å². The summed E-state index contributed by atoms with van der Waals surface area (Å²) in [6, 6.07) is 2.44. The molecule has 0 unspecified atom stereocenters. The number of amides is 2. The molecular formula is C19H17N3O6. The third-order valence-electron chi connectivity index (χ3n) is 6.48. The summed E-state index contributed by atoms with van der Waals surface area (Å²) >= 11 is 0. The van der Waals surface area contributed by atoms with E-state index in [9.17, 15) is 24.8 Å². The highest BCUT2D eigenvalue weighted by Crippen LogP contribution is 2.65. The Morgan fingerprint density at radius 1 is 1.21 bits per heavy atom. The van der Waals surface area contributed by atoms with Gasteiger partial charge in [-0.25, -0.2) is 0 Å². The Kier molecular flexibility index (Phi) is 3.40. The zero-order valence-electron chi connectivity index (χ0n) is 14.9. The first kappa shape index (κ1) is 16.9. The third-order valence-corrected chi connectivity index (χ3v) is 6.48. The van der Waals surface area contributed by atoms with Crippen LogP contribution in [0, 0.1) is 45.6 Å². The molecule has 1 saturated heterocycles. The molecule has 6 atom stereocenters. The van der Waals surface area contributed by atoms with Gasteiger partial charge in [-0.15, -0.1) is 0 Å². The molecule has 28 heavy (non-hydrogen) atoms. The number of hydrogen-bond donors (Lipinski definition) is 1. The Labute approximate surface area is 159 Å². The number of rotatable bonds is 4. The van der Waals surface area contributed by atoms with E-state index in [0.29, 0.717) is 11.8 Å². The predicted octanol–water partition coefficient (Wildman–Crippen LogP) is 1.70. The van der Waals surface area contributed by atoms with Crippen molar-refractivity contribution in [1.29, 1.82) is 0 Å². The summed E-state index contributed by atoms with van der Waals surface area (Å²) in [6.07, 6.45) is 6.29. The second-order valence-corrected chi connectivity index (χ2v) is 7.73. The number of allylic oxidation sites excluding steroid dienone is 2. The van der Waals surface area contributed by atoms with Crippen LogP contribution >= 0.6 is 0 Å². The van der Waals surface area contributed by atoms with Gasteiger partial charge in [0.1, 0.15) is 5.75 Å². The Balaban J connectivity index is 1.47. The van der Waals surface area contributed by atoms with Gasteiger partial charge in [0, 0.05) is 5.56 Å². The lowest BCUT2D eigenvalue weighted by molar-refractivity contribution is -0.385. The van der Waals surface area contributed by atoms with Crippen molar-refractivity contribution in [2.45, 2.75) is 6.42 Å². The molecule has 1 N–H and O–H groups in total. The summed E-state index contributed by atoms with van der Waals surface area (Å²) in [5, 5.41) is 26.1. The van der Waals surface area contributed by atoms with Gasteiger partial charge in [0.05, 0.1) is 36.1 Å². The SMILES string of the molecule is COc1cc(/C=N\N2C(=O)[C@@H]3[C@H]4C=C[C@@H]([C@@H]5C[C@H]45)[C@H]3C2=O)c(O)c([N+](=O)[O-])c1. The third kappa shape index (κ3) is 2.15. The van der Waals surface area contributed by atoms with Crippen LogP contribution in [0.3, 0.4) is 0 Å². The van der Waals surface area contributed by atoms with Gasteiger partial charge in [-0.3, -0.25) is 19.7 Å². The number of nitrogens with zero attached hydrogens (tertiary/aromatic N) is 3. The molecule has 1 heterocycles. The maximum atomic E-state index is 12.9. The van der Waals surface area contributed by atoms with E-state index in [-0.39, 0.29) is 46.8 Å². The highest BCUT2D eigenvalue weighted by atomic mass is 16.6. The van der Waals surface area contributed by atoms with Crippen LogP contribution in [0.15, 0.2) is 29.4 Å². The summed E-state index contributed by atoms with van der Waals surface area (Å²) in [6.45, 7) is 0. The average molecular weight is 383 g/mol. The number of hydrogen-bond acceptors (Lipinski definition) is 7. The predicted molar refractivity (Wildman–Crippen MR) is 95.5 cm³/mol. The molecule has 1 aromatic rings. The van der Waals surface area contributed by atoms with Crippen LogP contribution in [0.25, 0.3) is 0 Å². The number of nitro benzene ring substituents is 1. The number of nitro groups is 1. The van der Waals surface area contributed by atoms with Crippen LogP contribution in [0.2, 0.25) is 0 Å². The molecule has 0 aromatic heterocycles. The quantitative estimate of drug-likeness (QED) is 0.278. The van der Waals surface area contributed by atoms with E-state index >= 15 is 0 Å². The van der Waals surface area contributed by atoms with Crippen molar-refractivity contribution >= 4 is 23.7 Å². The molecule has 1 aliphatic heterocycles. The lowest BCUT2D eigenvalue weighted by Gasteiger charge is -2.37. The zero-order chi connectivity index (χ0) is 19.7. The number of phenols is 1. The molecule has 2 saturated carbocycles. The number of carbonyl (C=O) groups is 2. The number of aromatic hydroxyl groups is 1. The normalized spacial score (nSPS) is 34.7. The smallest absolute Gasteiger partial charge is 0.315 e. The number of hydrazone groups is 1. The second kappa shape index (κ2) is 5.63. The van der Waals surface area contributed by atoms with E-state index < -0.39 is 16.4 Å². The molecule has 144 valence electrons. The van der Waals surface area contributed by atoms with E-state index in [2.05, 4.69) is 17.3 Å². The van der Waals surface area contributed by atoms with Gasteiger partial charge in [0.2, 0.25) is 5.75 Å². The molecule has 2 amide bonds. The number of ether oxygens (including phenoxy) is 1. The monoisotopic (exact) mass is 383 g/mol. The highest BCUT2D eigenvalue weighted by molar-refractivity contribution is 6.06. The molecule has 2 bridgehead atoms. The summed E-state index contributed by atoms with van der Waals surface area (Å²) in [4.78, 5) is 36.1.